The Bertz CT molecular complexity index is 339. The zero-order valence-electron chi connectivity index (χ0n) is 10.4. The van der Waals surface area contributed by atoms with E-state index in [0.717, 1.165) is 32.7 Å². The Morgan fingerprint density at radius 1 is 1.47 bits per heavy atom. The van der Waals surface area contributed by atoms with Gasteiger partial charge in [0, 0.05) is 31.7 Å². The van der Waals surface area contributed by atoms with Gasteiger partial charge in [0.15, 0.2) is 9.84 Å². The van der Waals surface area contributed by atoms with Gasteiger partial charge in [-0.1, -0.05) is 0 Å². The van der Waals surface area contributed by atoms with Crippen molar-refractivity contribution < 1.29 is 13.2 Å². The van der Waals surface area contributed by atoms with Gasteiger partial charge in [-0.05, 0) is 13.3 Å². The fourth-order valence-corrected chi connectivity index (χ4v) is 4.12. The number of rotatable bonds is 3. The summed E-state index contributed by atoms with van der Waals surface area (Å²) in [6, 6.07) is 0.577. The third-order valence-corrected chi connectivity index (χ3v) is 5.37. The molecule has 2 saturated heterocycles. The Hall–Kier alpha value is -0.170. The average molecular weight is 262 g/mol. The van der Waals surface area contributed by atoms with E-state index >= 15 is 0 Å². The van der Waals surface area contributed by atoms with Crippen molar-refractivity contribution >= 4 is 9.84 Å². The molecule has 0 aromatic carbocycles. The molecule has 0 aromatic heterocycles. The van der Waals surface area contributed by atoms with Crippen molar-refractivity contribution in [1.82, 2.24) is 10.2 Å². The molecule has 100 valence electrons. The molecule has 5 nitrogen and oxygen atoms in total. The molecule has 0 aliphatic carbocycles. The lowest BCUT2D eigenvalue weighted by Gasteiger charge is -2.34. The van der Waals surface area contributed by atoms with Crippen LogP contribution in [0.25, 0.3) is 0 Å². The first-order valence-corrected chi connectivity index (χ1v) is 8.14. The highest BCUT2D eigenvalue weighted by Gasteiger charge is 2.28. The fraction of sp³-hybridized carbons (Fsp3) is 1.00. The molecule has 0 spiro atoms. The van der Waals surface area contributed by atoms with Gasteiger partial charge in [0.1, 0.15) is 0 Å². The topological polar surface area (TPSA) is 58.6 Å². The SMILES string of the molecule is CC1CS(=O)(=O)CCN1CCC1COCCN1. The third kappa shape index (κ3) is 3.91. The van der Waals surface area contributed by atoms with Crippen LogP contribution < -0.4 is 5.32 Å². The Morgan fingerprint density at radius 2 is 2.29 bits per heavy atom. The molecule has 2 aliphatic rings. The second-order valence-corrected chi connectivity index (χ2v) is 7.24. The van der Waals surface area contributed by atoms with Gasteiger partial charge < -0.3 is 10.1 Å². The number of ether oxygens (including phenoxy) is 1. The van der Waals surface area contributed by atoms with Gasteiger partial charge >= 0.3 is 0 Å². The molecule has 0 radical (unpaired) electrons. The van der Waals surface area contributed by atoms with Crippen LogP contribution in [0.2, 0.25) is 0 Å². The minimum absolute atomic E-state index is 0.151. The van der Waals surface area contributed by atoms with Crippen molar-refractivity contribution in [3.63, 3.8) is 0 Å². The fourth-order valence-electron chi connectivity index (χ4n) is 2.49. The molecule has 1 N–H and O–H groups in total. The molecule has 0 amide bonds. The van der Waals surface area contributed by atoms with Crippen molar-refractivity contribution in [3.8, 4) is 0 Å². The van der Waals surface area contributed by atoms with E-state index in [0.29, 0.717) is 24.1 Å². The summed E-state index contributed by atoms with van der Waals surface area (Å²) in [6.45, 7) is 6.14. The minimum atomic E-state index is -2.79. The number of nitrogens with one attached hydrogen (secondary N) is 1. The summed E-state index contributed by atoms with van der Waals surface area (Å²) in [6.07, 6.45) is 1.03. The summed E-state index contributed by atoms with van der Waals surface area (Å²) < 4.78 is 28.3. The van der Waals surface area contributed by atoms with Crippen LogP contribution >= 0.6 is 0 Å². The van der Waals surface area contributed by atoms with Crippen LogP contribution in [0.5, 0.6) is 0 Å². The molecule has 0 saturated carbocycles. The number of nitrogens with zero attached hydrogens (tertiary/aromatic N) is 1. The minimum Gasteiger partial charge on any atom is -0.379 e. The number of hydrogen-bond acceptors (Lipinski definition) is 5. The van der Waals surface area contributed by atoms with Crippen LogP contribution in [0.4, 0.5) is 0 Å². The highest BCUT2D eigenvalue weighted by molar-refractivity contribution is 7.91. The van der Waals surface area contributed by atoms with Crippen molar-refractivity contribution in [3.05, 3.63) is 0 Å². The maximum absolute atomic E-state index is 11.5. The molecule has 0 aromatic rings. The molecule has 17 heavy (non-hydrogen) atoms. The van der Waals surface area contributed by atoms with Crippen LogP contribution in [0.15, 0.2) is 0 Å². The van der Waals surface area contributed by atoms with Gasteiger partial charge in [0.05, 0.1) is 24.7 Å². The predicted molar refractivity (Wildman–Crippen MR) is 66.9 cm³/mol. The molecule has 6 heteroatoms. The molecule has 2 aliphatic heterocycles. The lowest BCUT2D eigenvalue weighted by atomic mass is 10.1. The summed E-state index contributed by atoms with van der Waals surface area (Å²) in [4.78, 5) is 2.28. The zero-order chi connectivity index (χ0) is 12.3. The van der Waals surface area contributed by atoms with Crippen LogP contribution in [0.3, 0.4) is 0 Å². The quantitative estimate of drug-likeness (QED) is 0.742. The maximum atomic E-state index is 11.5. The van der Waals surface area contributed by atoms with E-state index in [1.807, 2.05) is 6.92 Å². The Labute approximate surface area is 103 Å². The molecule has 2 fully saturated rings. The van der Waals surface area contributed by atoms with Gasteiger partial charge in [0.2, 0.25) is 0 Å². The third-order valence-electron chi connectivity index (χ3n) is 3.57. The summed E-state index contributed by atoms with van der Waals surface area (Å²) in [7, 11) is -2.79. The highest BCUT2D eigenvalue weighted by atomic mass is 32.2. The largest absolute Gasteiger partial charge is 0.379 e. The first kappa shape index (κ1) is 13.3. The Balaban J connectivity index is 1.75. The van der Waals surface area contributed by atoms with Gasteiger partial charge in [-0.25, -0.2) is 8.42 Å². The number of sulfone groups is 1. The Kier molecular flexibility index (Phi) is 4.41. The van der Waals surface area contributed by atoms with E-state index in [-0.39, 0.29) is 6.04 Å². The van der Waals surface area contributed by atoms with Crippen molar-refractivity contribution in [2.45, 2.75) is 25.4 Å². The molecule has 2 unspecified atom stereocenters. The van der Waals surface area contributed by atoms with Crippen LogP contribution in [0.1, 0.15) is 13.3 Å². The average Bonchev–Trinajstić information content (AvgIpc) is 2.28. The van der Waals surface area contributed by atoms with Crippen molar-refractivity contribution in [2.75, 3.05) is 44.4 Å². The first-order chi connectivity index (χ1) is 8.07. The van der Waals surface area contributed by atoms with E-state index < -0.39 is 9.84 Å². The first-order valence-electron chi connectivity index (χ1n) is 6.32. The highest BCUT2D eigenvalue weighted by Crippen LogP contribution is 2.12. The van der Waals surface area contributed by atoms with E-state index in [2.05, 4.69) is 10.2 Å². The van der Waals surface area contributed by atoms with E-state index in [9.17, 15) is 8.42 Å². The van der Waals surface area contributed by atoms with Gasteiger partial charge in [-0.2, -0.15) is 0 Å². The molecule has 2 atom stereocenters. The normalized spacial score (nSPS) is 34.6. The second kappa shape index (κ2) is 5.65. The van der Waals surface area contributed by atoms with Crippen molar-refractivity contribution in [1.29, 1.82) is 0 Å². The molecule has 2 rings (SSSR count). The molecular weight excluding hydrogens is 240 g/mol. The van der Waals surface area contributed by atoms with Crippen LogP contribution in [-0.4, -0.2) is 69.8 Å². The summed E-state index contributed by atoms with van der Waals surface area (Å²) in [5.41, 5.74) is 0. The number of hydrogen-bond donors (Lipinski definition) is 1. The predicted octanol–water partition coefficient (Wildman–Crippen LogP) is -0.516. The van der Waals surface area contributed by atoms with Crippen LogP contribution in [-0.2, 0) is 14.6 Å². The number of morpholine rings is 1. The summed E-state index contributed by atoms with van der Waals surface area (Å²) in [5.74, 6) is 0.619. The van der Waals surface area contributed by atoms with Gasteiger partial charge in [-0.15, -0.1) is 0 Å². The van der Waals surface area contributed by atoms with Gasteiger partial charge in [-0.3, -0.25) is 4.90 Å². The van der Waals surface area contributed by atoms with E-state index in [1.165, 1.54) is 0 Å². The smallest absolute Gasteiger partial charge is 0.153 e. The van der Waals surface area contributed by atoms with Gasteiger partial charge in [0.25, 0.3) is 0 Å². The van der Waals surface area contributed by atoms with E-state index in [1.54, 1.807) is 0 Å². The van der Waals surface area contributed by atoms with Crippen molar-refractivity contribution in [2.24, 2.45) is 0 Å². The summed E-state index contributed by atoms with van der Waals surface area (Å²) in [5, 5.41) is 3.42. The molecule has 2 heterocycles. The lowest BCUT2D eigenvalue weighted by Crippen LogP contribution is -2.49. The second-order valence-electron chi connectivity index (χ2n) is 5.01. The molecule has 0 bridgehead atoms. The molecular formula is C11H22N2O3S. The zero-order valence-corrected chi connectivity index (χ0v) is 11.2. The summed E-state index contributed by atoms with van der Waals surface area (Å²) >= 11 is 0. The van der Waals surface area contributed by atoms with Crippen LogP contribution in [0, 0.1) is 0 Å². The maximum Gasteiger partial charge on any atom is 0.153 e. The lowest BCUT2D eigenvalue weighted by molar-refractivity contribution is 0.0684. The Morgan fingerprint density at radius 3 is 2.94 bits per heavy atom. The monoisotopic (exact) mass is 262 g/mol. The standard InChI is InChI=1S/C11H22N2O3S/c1-10-9-17(14,15)7-5-13(10)4-2-11-8-16-6-3-12-11/h10-12H,2-9H2,1H3. The van der Waals surface area contributed by atoms with E-state index in [4.69, 9.17) is 4.74 Å².